The predicted octanol–water partition coefficient (Wildman–Crippen LogP) is 1.04. The number of rotatable bonds is 6. The van der Waals surface area contributed by atoms with Crippen LogP contribution in [0.1, 0.15) is 17.3 Å². The molecule has 2 rings (SSSR count). The van der Waals surface area contributed by atoms with Crippen molar-refractivity contribution >= 4 is 27.5 Å². The first-order chi connectivity index (χ1) is 11.8. The third-order valence-electron chi connectivity index (χ3n) is 4.08. The number of amides is 1. The normalized spacial score (nSPS) is 18.1. The molecule has 0 bridgehead atoms. The van der Waals surface area contributed by atoms with Crippen LogP contribution in [-0.2, 0) is 14.8 Å². The number of nitrogens with one attached hydrogen (secondary N) is 1. The van der Waals surface area contributed by atoms with Crippen molar-refractivity contribution < 1.29 is 17.9 Å². The molecule has 0 aliphatic carbocycles. The van der Waals surface area contributed by atoms with E-state index in [4.69, 9.17) is 16.3 Å². The predicted molar refractivity (Wildman–Crippen MR) is 96.5 cm³/mol. The lowest BCUT2D eigenvalue weighted by atomic mass is 10.2. The van der Waals surface area contributed by atoms with Gasteiger partial charge in [0.05, 0.1) is 22.1 Å². The Morgan fingerprint density at radius 3 is 2.56 bits per heavy atom. The van der Waals surface area contributed by atoms with Gasteiger partial charge in [-0.1, -0.05) is 11.6 Å². The standard InChI is InChI=1S/C16H24ClN3O4S/c1-12(11-24-3)18-16(21)14-10-13(4-5-15(14)17)25(22,23)20-8-6-19(2)7-9-20/h4-5,10,12H,6-9,11H2,1-3H3,(H,18,21). The van der Waals surface area contributed by atoms with Crippen LogP contribution in [0.3, 0.4) is 0 Å². The summed E-state index contributed by atoms with van der Waals surface area (Å²) in [6.45, 7) is 4.34. The molecule has 1 atom stereocenters. The van der Waals surface area contributed by atoms with Crippen molar-refractivity contribution in [3.8, 4) is 0 Å². The second kappa shape index (κ2) is 8.46. The monoisotopic (exact) mass is 389 g/mol. The Hall–Kier alpha value is -1.19. The first-order valence-corrected chi connectivity index (χ1v) is 9.85. The van der Waals surface area contributed by atoms with Crippen LogP contribution in [0.5, 0.6) is 0 Å². The van der Waals surface area contributed by atoms with Crippen LogP contribution >= 0.6 is 11.6 Å². The Balaban J connectivity index is 2.24. The van der Waals surface area contributed by atoms with Crippen molar-refractivity contribution in [1.82, 2.24) is 14.5 Å². The summed E-state index contributed by atoms with van der Waals surface area (Å²) in [5, 5.41) is 2.95. The number of piperazine rings is 1. The van der Waals surface area contributed by atoms with E-state index < -0.39 is 15.9 Å². The number of methoxy groups -OCH3 is 1. The number of halogens is 1. The molecule has 0 spiro atoms. The van der Waals surface area contributed by atoms with Crippen molar-refractivity contribution in [2.75, 3.05) is 46.9 Å². The minimum Gasteiger partial charge on any atom is -0.383 e. The number of carbonyl (C=O) groups is 1. The summed E-state index contributed by atoms with van der Waals surface area (Å²) < 4.78 is 32.1. The molecule has 140 valence electrons. The van der Waals surface area contributed by atoms with Gasteiger partial charge in [-0.25, -0.2) is 8.42 Å². The fourth-order valence-electron chi connectivity index (χ4n) is 2.61. The van der Waals surface area contributed by atoms with Gasteiger partial charge in [0.1, 0.15) is 0 Å². The van der Waals surface area contributed by atoms with Crippen LogP contribution < -0.4 is 5.32 Å². The van der Waals surface area contributed by atoms with Gasteiger partial charge in [0.15, 0.2) is 0 Å². The Labute approximate surface area is 153 Å². The van der Waals surface area contributed by atoms with E-state index >= 15 is 0 Å². The molecule has 1 fully saturated rings. The zero-order chi connectivity index (χ0) is 18.6. The SMILES string of the molecule is COCC(C)NC(=O)c1cc(S(=O)(=O)N2CCN(C)CC2)ccc1Cl. The van der Waals surface area contributed by atoms with Crippen molar-refractivity contribution in [1.29, 1.82) is 0 Å². The molecule has 1 N–H and O–H groups in total. The number of likely N-dealkylation sites (N-methyl/N-ethyl adjacent to an activating group) is 1. The molecule has 1 aliphatic heterocycles. The summed E-state index contributed by atoms with van der Waals surface area (Å²) in [6.07, 6.45) is 0. The van der Waals surface area contributed by atoms with Gasteiger partial charge in [-0.15, -0.1) is 0 Å². The molecule has 1 aromatic carbocycles. The number of hydrogen-bond acceptors (Lipinski definition) is 5. The van der Waals surface area contributed by atoms with E-state index in [0.29, 0.717) is 32.8 Å². The van der Waals surface area contributed by atoms with E-state index in [9.17, 15) is 13.2 Å². The Morgan fingerprint density at radius 1 is 1.32 bits per heavy atom. The maximum absolute atomic E-state index is 12.8. The second-order valence-electron chi connectivity index (χ2n) is 6.18. The number of nitrogens with zero attached hydrogens (tertiary/aromatic N) is 2. The molecule has 0 saturated carbocycles. The number of benzene rings is 1. The van der Waals surface area contributed by atoms with Gasteiger partial charge in [-0.05, 0) is 32.2 Å². The lowest BCUT2D eigenvalue weighted by Crippen LogP contribution is -2.47. The average Bonchev–Trinajstić information content (AvgIpc) is 2.55. The topological polar surface area (TPSA) is 78.9 Å². The van der Waals surface area contributed by atoms with E-state index in [1.807, 2.05) is 7.05 Å². The van der Waals surface area contributed by atoms with Gasteiger partial charge >= 0.3 is 0 Å². The highest BCUT2D eigenvalue weighted by Gasteiger charge is 2.28. The van der Waals surface area contributed by atoms with Gasteiger partial charge in [-0.3, -0.25) is 4.79 Å². The van der Waals surface area contributed by atoms with Gasteiger partial charge in [-0.2, -0.15) is 4.31 Å². The van der Waals surface area contributed by atoms with Crippen LogP contribution in [-0.4, -0.2) is 76.5 Å². The number of sulfonamides is 1. The van der Waals surface area contributed by atoms with Gasteiger partial charge in [0, 0.05) is 39.3 Å². The van der Waals surface area contributed by atoms with Crippen LogP contribution in [0, 0.1) is 0 Å². The molecule has 1 saturated heterocycles. The second-order valence-corrected chi connectivity index (χ2v) is 8.52. The van der Waals surface area contributed by atoms with Gasteiger partial charge in [0.25, 0.3) is 5.91 Å². The lowest BCUT2D eigenvalue weighted by Gasteiger charge is -2.31. The number of carbonyl (C=O) groups excluding carboxylic acids is 1. The van der Waals surface area contributed by atoms with E-state index in [2.05, 4.69) is 10.2 Å². The third kappa shape index (κ3) is 4.92. The van der Waals surface area contributed by atoms with Crippen LogP contribution in [0.4, 0.5) is 0 Å². The Kier molecular flexibility index (Phi) is 6.81. The van der Waals surface area contributed by atoms with E-state index in [-0.39, 0.29) is 21.5 Å². The minimum atomic E-state index is -3.65. The van der Waals surface area contributed by atoms with E-state index in [0.717, 1.165) is 0 Å². The van der Waals surface area contributed by atoms with Gasteiger partial charge in [0.2, 0.25) is 10.0 Å². The van der Waals surface area contributed by atoms with Crippen LogP contribution in [0.2, 0.25) is 5.02 Å². The summed E-state index contributed by atoms with van der Waals surface area (Å²) in [7, 11) is -0.159. The van der Waals surface area contributed by atoms with Crippen molar-refractivity contribution in [3.63, 3.8) is 0 Å². The zero-order valence-electron chi connectivity index (χ0n) is 14.7. The smallest absolute Gasteiger partial charge is 0.253 e. The van der Waals surface area contributed by atoms with Crippen LogP contribution in [0.15, 0.2) is 23.1 Å². The highest BCUT2D eigenvalue weighted by molar-refractivity contribution is 7.89. The molecular formula is C16H24ClN3O4S. The molecule has 1 amide bonds. The van der Waals surface area contributed by atoms with Crippen molar-refractivity contribution in [2.24, 2.45) is 0 Å². The zero-order valence-corrected chi connectivity index (χ0v) is 16.2. The van der Waals surface area contributed by atoms with Crippen molar-refractivity contribution in [3.05, 3.63) is 28.8 Å². The maximum Gasteiger partial charge on any atom is 0.253 e. The summed E-state index contributed by atoms with van der Waals surface area (Å²) in [5.74, 6) is -0.426. The average molecular weight is 390 g/mol. The first-order valence-electron chi connectivity index (χ1n) is 8.03. The Morgan fingerprint density at radius 2 is 1.96 bits per heavy atom. The first kappa shape index (κ1) is 20.1. The van der Waals surface area contributed by atoms with Gasteiger partial charge < -0.3 is 15.0 Å². The quantitative estimate of drug-likeness (QED) is 0.786. The molecule has 25 heavy (non-hydrogen) atoms. The largest absolute Gasteiger partial charge is 0.383 e. The van der Waals surface area contributed by atoms with E-state index in [1.54, 1.807) is 14.0 Å². The molecule has 7 nitrogen and oxygen atoms in total. The summed E-state index contributed by atoms with van der Waals surface area (Å²) in [5.41, 5.74) is 0.139. The third-order valence-corrected chi connectivity index (χ3v) is 6.30. The molecule has 1 unspecified atom stereocenters. The van der Waals surface area contributed by atoms with Crippen molar-refractivity contribution in [2.45, 2.75) is 17.9 Å². The summed E-state index contributed by atoms with van der Waals surface area (Å²) in [4.78, 5) is 14.5. The molecule has 0 radical (unpaired) electrons. The Bertz CT molecular complexity index is 718. The molecule has 1 aromatic rings. The maximum atomic E-state index is 12.8. The lowest BCUT2D eigenvalue weighted by molar-refractivity contribution is 0.0905. The molecule has 1 heterocycles. The molecule has 1 aliphatic rings. The highest BCUT2D eigenvalue weighted by atomic mass is 35.5. The number of hydrogen-bond donors (Lipinski definition) is 1. The summed E-state index contributed by atoms with van der Waals surface area (Å²) >= 11 is 6.10. The molecule has 9 heteroatoms. The fraction of sp³-hybridized carbons (Fsp3) is 0.562. The molecular weight excluding hydrogens is 366 g/mol. The fourth-order valence-corrected chi connectivity index (χ4v) is 4.26. The highest BCUT2D eigenvalue weighted by Crippen LogP contribution is 2.24. The number of ether oxygens (including phenoxy) is 1. The minimum absolute atomic E-state index is 0.0750. The summed E-state index contributed by atoms with van der Waals surface area (Å²) in [6, 6.07) is 4.00. The van der Waals surface area contributed by atoms with Crippen LogP contribution in [0.25, 0.3) is 0 Å². The molecule has 0 aromatic heterocycles. The van der Waals surface area contributed by atoms with E-state index in [1.165, 1.54) is 22.5 Å².